The minimum atomic E-state index is -0.0707. The number of hydrogen-bond donors (Lipinski definition) is 0. The Kier molecular flexibility index (Phi) is 4.29. The van der Waals surface area contributed by atoms with Gasteiger partial charge in [0.05, 0.1) is 10.9 Å². The van der Waals surface area contributed by atoms with Crippen LogP contribution in [0.4, 0.5) is 0 Å². The zero-order valence-electron chi connectivity index (χ0n) is 12.2. The van der Waals surface area contributed by atoms with Gasteiger partial charge in [0, 0.05) is 13.1 Å². The lowest BCUT2D eigenvalue weighted by Gasteiger charge is -2.16. The number of aromatic nitrogens is 2. The summed E-state index contributed by atoms with van der Waals surface area (Å²) in [5.41, 5.74) is 0. The second-order valence-corrected chi connectivity index (χ2v) is 5.63. The summed E-state index contributed by atoms with van der Waals surface area (Å²) >= 11 is 6.00. The Labute approximate surface area is 133 Å². The van der Waals surface area contributed by atoms with Gasteiger partial charge in [-0.15, -0.1) is 0 Å². The number of benzene rings is 1. The molecule has 1 aromatic carbocycles. The lowest BCUT2D eigenvalue weighted by Crippen LogP contribution is -2.32. The van der Waals surface area contributed by atoms with Gasteiger partial charge >= 0.3 is 0 Å². The van der Waals surface area contributed by atoms with Crippen LogP contribution in [-0.2, 0) is 4.79 Å². The summed E-state index contributed by atoms with van der Waals surface area (Å²) in [4.78, 5) is 18.2. The number of halogens is 1. The van der Waals surface area contributed by atoms with Gasteiger partial charge in [-0.05, 0) is 25.5 Å². The van der Waals surface area contributed by atoms with Crippen LogP contribution >= 0.6 is 11.6 Å². The zero-order chi connectivity index (χ0) is 15.5. The van der Waals surface area contributed by atoms with Gasteiger partial charge < -0.3 is 14.2 Å². The number of ether oxygens (including phenoxy) is 1. The molecular weight excluding hydrogens is 306 g/mol. The van der Waals surface area contributed by atoms with Gasteiger partial charge in [0.2, 0.25) is 5.89 Å². The second kappa shape index (κ2) is 6.36. The van der Waals surface area contributed by atoms with Crippen LogP contribution in [0.3, 0.4) is 0 Å². The number of likely N-dealkylation sites (tertiary alicyclic amines) is 1. The molecule has 22 heavy (non-hydrogen) atoms. The maximum atomic E-state index is 12.2. The molecule has 0 unspecified atom stereocenters. The van der Waals surface area contributed by atoms with Crippen molar-refractivity contribution < 1.29 is 14.1 Å². The molecule has 1 atom stereocenters. The number of hydrogen-bond acceptors (Lipinski definition) is 5. The van der Waals surface area contributed by atoms with E-state index in [0.717, 1.165) is 6.42 Å². The van der Waals surface area contributed by atoms with Gasteiger partial charge in [0.25, 0.3) is 5.91 Å². The highest BCUT2D eigenvalue weighted by atomic mass is 35.5. The van der Waals surface area contributed by atoms with Gasteiger partial charge in [-0.3, -0.25) is 4.79 Å². The minimum Gasteiger partial charge on any atom is -0.482 e. The third kappa shape index (κ3) is 3.22. The van der Waals surface area contributed by atoms with Gasteiger partial charge in [-0.25, -0.2) is 0 Å². The molecule has 0 bridgehead atoms. The first kappa shape index (κ1) is 14.8. The Morgan fingerprint density at radius 1 is 1.50 bits per heavy atom. The molecule has 0 spiro atoms. The standard InChI is InChI=1S/C15H16ClN3O3/c1-10-17-15(22-18-10)11-6-7-19(8-11)14(20)9-21-13-5-3-2-4-12(13)16/h2-5,11H,6-9H2,1H3/t11-/m1/s1. The molecule has 116 valence electrons. The van der Waals surface area contributed by atoms with Crippen molar-refractivity contribution in [2.75, 3.05) is 19.7 Å². The van der Waals surface area contributed by atoms with Crippen molar-refractivity contribution >= 4 is 17.5 Å². The molecule has 0 radical (unpaired) electrons. The molecule has 1 aliphatic rings. The van der Waals surface area contributed by atoms with Crippen LogP contribution in [0.5, 0.6) is 5.75 Å². The van der Waals surface area contributed by atoms with Crippen LogP contribution < -0.4 is 4.74 Å². The Balaban J connectivity index is 1.54. The first-order chi connectivity index (χ1) is 10.6. The molecule has 0 aliphatic carbocycles. The summed E-state index contributed by atoms with van der Waals surface area (Å²) in [6.45, 7) is 2.99. The van der Waals surface area contributed by atoms with E-state index in [-0.39, 0.29) is 18.4 Å². The average molecular weight is 322 g/mol. The molecule has 1 saturated heterocycles. The number of carbonyl (C=O) groups excluding carboxylic acids is 1. The van der Waals surface area contributed by atoms with Crippen LogP contribution in [0.1, 0.15) is 24.1 Å². The molecule has 0 N–H and O–H groups in total. The number of aryl methyl sites for hydroxylation is 1. The Hall–Kier alpha value is -2.08. The summed E-state index contributed by atoms with van der Waals surface area (Å²) in [6.07, 6.45) is 0.819. The van der Waals surface area contributed by atoms with Gasteiger partial charge in [-0.1, -0.05) is 28.9 Å². The van der Waals surface area contributed by atoms with Crippen molar-refractivity contribution in [2.24, 2.45) is 0 Å². The Bertz CT molecular complexity index is 674. The molecule has 3 rings (SSSR count). The quantitative estimate of drug-likeness (QED) is 0.865. The number of para-hydroxylation sites is 1. The van der Waals surface area contributed by atoms with Crippen LogP contribution in [-0.4, -0.2) is 40.6 Å². The first-order valence-corrected chi connectivity index (χ1v) is 7.46. The number of amides is 1. The smallest absolute Gasteiger partial charge is 0.260 e. The van der Waals surface area contributed by atoms with E-state index >= 15 is 0 Å². The van der Waals surface area contributed by atoms with Gasteiger partial charge in [-0.2, -0.15) is 4.98 Å². The lowest BCUT2D eigenvalue weighted by atomic mass is 10.1. The van der Waals surface area contributed by atoms with Crippen molar-refractivity contribution in [1.82, 2.24) is 15.0 Å². The van der Waals surface area contributed by atoms with Crippen molar-refractivity contribution in [2.45, 2.75) is 19.3 Å². The number of rotatable bonds is 4. The highest BCUT2D eigenvalue weighted by Gasteiger charge is 2.31. The van der Waals surface area contributed by atoms with Crippen molar-refractivity contribution in [3.8, 4) is 5.75 Å². The van der Waals surface area contributed by atoms with Gasteiger partial charge in [0.15, 0.2) is 12.4 Å². The predicted octanol–water partition coefficient (Wildman–Crippen LogP) is 2.43. The third-order valence-corrected chi connectivity index (χ3v) is 3.93. The van der Waals surface area contributed by atoms with E-state index < -0.39 is 0 Å². The van der Waals surface area contributed by atoms with Crippen LogP contribution in [0.2, 0.25) is 5.02 Å². The lowest BCUT2D eigenvalue weighted by molar-refractivity contribution is -0.132. The molecule has 2 aromatic rings. The molecule has 1 amide bonds. The second-order valence-electron chi connectivity index (χ2n) is 5.22. The normalized spacial score (nSPS) is 17.7. The fourth-order valence-electron chi connectivity index (χ4n) is 2.46. The molecule has 2 heterocycles. The molecule has 7 heteroatoms. The Morgan fingerprint density at radius 3 is 3.05 bits per heavy atom. The van der Waals surface area contributed by atoms with Gasteiger partial charge in [0.1, 0.15) is 5.75 Å². The van der Waals surface area contributed by atoms with E-state index in [4.69, 9.17) is 20.9 Å². The van der Waals surface area contributed by atoms with E-state index in [9.17, 15) is 4.79 Å². The number of carbonyl (C=O) groups is 1. The van der Waals surface area contributed by atoms with E-state index in [1.165, 1.54) is 0 Å². The van der Waals surface area contributed by atoms with E-state index in [1.807, 2.05) is 12.1 Å². The summed E-state index contributed by atoms with van der Waals surface area (Å²) in [6, 6.07) is 7.10. The monoisotopic (exact) mass is 321 g/mol. The molecule has 1 aliphatic heterocycles. The SMILES string of the molecule is Cc1noc([C@@H]2CCN(C(=O)COc3ccccc3Cl)C2)n1. The van der Waals surface area contributed by atoms with Crippen molar-refractivity contribution in [3.63, 3.8) is 0 Å². The first-order valence-electron chi connectivity index (χ1n) is 7.09. The maximum absolute atomic E-state index is 12.2. The molecule has 1 fully saturated rings. The predicted molar refractivity (Wildman–Crippen MR) is 79.9 cm³/mol. The zero-order valence-corrected chi connectivity index (χ0v) is 12.9. The van der Waals surface area contributed by atoms with E-state index in [1.54, 1.807) is 24.0 Å². The summed E-state index contributed by atoms with van der Waals surface area (Å²) in [5, 5.41) is 4.28. The molecular formula is C15H16ClN3O3. The fraction of sp³-hybridized carbons (Fsp3) is 0.400. The molecule has 1 aromatic heterocycles. The molecule has 6 nitrogen and oxygen atoms in total. The number of nitrogens with zero attached hydrogens (tertiary/aromatic N) is 3. The topological polar surface area (TPSA) is 68.5 Å². The van der Waals surface area contributed by atoms with Crippen LogP contribution in [0.15, 0.2) is 28.8 Å². The average Bonchev–Trinajstić information content (AvgIpc) is 3.15. The molecule has 0 saturated carbocycles. The van der Waals surface area contributed by atoms with Crippen molar-refractivity contribution in [3.05, 3.63) is 41.0 Å². The highest BCUT2D eigenvalue weighted by Crippen LogP contribution is 2.27. The minimum absolute atomic E-state index is 0.0285. The largest absolute Gasteiger partial charge is 0.482 e. The van der Waals surface area contributed by atoms with Crippen LogP contribution in [0, 0.1) is 6.92 Å². The van der Waals surface area contributed by atoms with E-state index in [0.29, 0.717) is 35.6 Å². The third-order valence-electron chi connectivity index (χ3n) is 3.62. The maximum Gasteiger partial charge on any atom is 0.260 e. The van der Waals surface area contributed by atoms with Crippen molar-refractivity contribution in [1.29, 1.82) is 0 Å². The van der Waals surface area contributed by atoms with E-state index in [2.05, 4.69) is 10.1 Å². The summed E-state index contributed by atoms with van der Waals surface area (Å²) in [7, 11) is 0. The highest BCUT2D eigenvalue weighted by molar-refractivity contribution is 6.32. The van der Waals surface area contributed by atoms with Crippen LogP contribution in [0.25, 0.3) is 0 Å². The Morgan fingerprint density at radius 2 is 2.32 bits per heavy atom. The summed E-state index contributed by atoms with van der Waals surface area (Å²) < 4.78 is 10.7. The summed E-state index contributed by atoms with van der Waals surface area (Å²) in [5.74, 6) is 1.76. The fourth-order valence-corrected chi connectivity index (χ4v) is 2.65.